The monoisotopic (exact) mass is 425 g/mol. The van der Waals surface area contributed by atoms with Crippen molar-refractivity contribution in [1.82, 2.24) is 30.0 Å². The third-order valence-corrected chi connectivity index (χ3v) is 5.23. The first-order valence-electron chi connectivity index (χ1n) is 9.48. The minimum atomic E-state index is -0.341. The van der Waals surface area contributed by atoms with Crippen LogP contribution in [0.3, 0.4) is 0 Å². The molecule has 1 atom stereocenters. The van der Waals surface area contributed by atoms with Crippen LogP contribution in [-0.4, -0.2) is 42.3 Å². The molecule has 0 aliphatic rings. The van der Waals surface area contributed by atoms with E-state index in [1.807, 2.05) is 37.5 Å². The normalized spacial score (nSPS) is 11.7. The Balaban J connectivity index is 1.62. The van der Waals surface area contributed by atoms with Gasteiger partial charge in [0.05, 0.1) is 11.8 Å². The highest BCUT2D eigenvalue weighted by atomic mass is 32.2. The molecule has 0 bridgehead atoms. The maximum atomic E-state index is 12.5. The van der Waals surface area contributed by atoms with Gasteiger partial charge in [0, 0.05) is 24.5 Å². The molecule has 0 aliphatic carbocycles. The number of nitrogens with zero attached hydrogens (tertiary/aromatic N) is 5. The summed E-state index contributed by atoms with van der Waals surface area (Å²) in [5.74, 6) is 0.615. The Morgan fingerprint density at radius 3 is 2.50 bits per heavy atom. The number of aromatic nitrogens is 5. The van der Waals surface area contributed by atoms with E-state index in [9.17, 15) is 9.59 Å². The van der Waals surface area contributed by atoms with Gasteiger partial charge in [0.1, 0.15) is 0 Å². The number of anilines is 1. The molecule has 2 heterocycles. The molecule has 0 radical (unpaired) electrons. The second-order valence-electron chi connectivity index (χ2n) is 6.56. The molecule has 0 spiro atoms. The van der Waals surface area contributed by atoms with E-state index in [2.05, 4.69) is 30.8 Å². The second-order valence-corrected chi connectivity index (χ2v) is 7.50. The number of hydrogen-bond donors (Lipinski definition) is 2. The molecule has 30 heavy (non-hydrogen) atoms. The van der Waals surface area contributed by atoms with Gasteiger partial charge in [-0.05, 0) is 39.0 Å². The van der Waals surface area contributed by atoms with Crippen molar-refractivity contribution in [1.29, 1.82) is 0 Å². The largest absolute Gasteiger partial charge is 0.342 e. The SMILES string of the molecule is CCn1c(SCC(=O)Nc2ncccn2)nnc1[C@@H](C)NC(=O)c1ccc(C)cc1. The third kappa shape index (κ3) is 5.41. The average molecular weight is 426 g/mol. The Labute approximate surface area is 178 Å². The van der Waals surface area contributed by atoms with Crippen molar-refractivity contribution < 1.29 is 9.59 Å². The lowest BCUT2D eigenvalue weighted by Crippen LogP contribution is -2.28. The Hall–Kier alpha value is -3.27. The molecule has 9 nitrogen and oxygen atoms in total. The summed E-state index contributed by atoms with van der Waals surface area (Å²) in [4.78, 5) is 32.6. The molecule has 2 amide bonds. The van der Waals surface area contributed by atoms with Crippen LogP contribution in [0.1, 0.15) is 41.6 Å². The molecule has 0 unspecified atom stereocenters. The molecule has 3 rings (SSSR count). The van der Waals surface area contributed by atoms with E-state index in [1.54, 1.807) is 30.6 Å². The summed E-state index contributed by atoms with van der Waals surface area (Å²) in [6, 6.07) is 8.71. The van der Waals surface area contributed by atoms with Crippen LogP contribution in [0, 0.1) is 6.92 Å². The molecule has 156 valence electrons. The fourth-order valence-electron chi connectivity index (χ4n) is 2.73. The maximum Gasteiger partial charge on any atom is 0.251 e. The number of thioether (sulfide) groups is 1. The summed E-state index contributed by atoms with van der Waals surface area (Å²) in [7, 11) is 0. The number of benzene rings is 1. The Bertz CT molecular complexity index is 1010. The third-order valence-electron chi connectivity index (χ3n) is 4.26. The highest BCUT2D eigenvalue weighted by Crippen LogP contribution is 2.21. The molecule has 1 aromatic carbocycles. The quantitative estimate of drug-likeness (QED) is 0.533. The van der Waals surface area contributed by atoms with Crippen molar-refractivity contribution in [2.75, 3.05) is 11.1 Å². The van der Waals surface area contributed by atoms with Gasteiger partial charge < -0.3 is 9.88 Å². The van der Waals surface area contributed by atoms with Crippen molar-refractivity contribution >= 4 is 29.5 Å². The van der Waals surface area contributed by atoms with Crippen LogP contribution in [0.25, 0.3) is 0 Å². The molecule has 0 saturated heterocycles. The van der Waals surface area contributed by atoms with Gasteiger partial charge in [-0.1, -0.05) is 29.5 Å². The molecule has 10 heteroatoms. The number of aryl methyl sites for hydroxylation is 1. The lowest BCUT2D eigenvalue weighted by molar-refractivity contribution is -0.113. The highest BCUT2D eigenvalue weighted by Gasteiger charge is 2.20. The van der Waals surface area contributed by atoms with Crippen molar-refractivity contribution in [2.24, 2.45) is 0 Å². The molecular weight excluding hydrogens is 402 g/mol. The second kappa shape index (κ2) is 9.97. The van der Waals surface area contributed by atoms with Gasteiger partial charge in [-0.15, -0.1) is 10.2 Å². The molecule has 0 saturated carbocycles. The van der Waals surface area contributed by atoms with Gasteiger partial charge in [0.15, 0.2) is 11.0 Å². The molecule has 2 N–H and O–H groups in total. The van der Waals surface area contributed by atoms with Gasteiger partial charge >= 0.3 is 0 Å². The summed E-state index contributed by atoms with van der Waals surface area (Å²) >= 11 is 1.26. The lowest BCUT2D eigenvalue weighted by Gasteiger charge is -2.15. The summed E-state index contributed by atoms with van der Waals surface area (Å²) in [6.07, 6.45) is 3.12. The molecule has 0 fully saturated rings. The number of carbonyl (C=O) groups is 2. The fourth-order valence-corrected chi connectivity index (χ4v) is 3.54. The van der Waals surface area contributed by atoms with Crippen molar-refractivity contribution in [2.45, 2.75) is 38.5 Å². The van der Waals surface area contributed by atoms with Crippen LogP contribution in [0.2, 0.25) is 0 Å². The van der Waals surface area contributed by atoms with Crippen molar-refractivity contribution in [3.63, 3.8) is 0 Å². The fraction of sp³-hybridized carbons (Fsp3) is 0.300. The predicted molar refractivity (Wildman–Crippen MR) is 114 cm³/mol. The zero-order valence-corrected chi connectivity index (χ0v) is 17.8. The smallest absolute Gasteiger partial charge is 0.251 e. The number of rotatable bonds is 8. The van der Waals surface area contributed by atoms with E-state index in [0.29, 0.717) is 23.1 Å². The van der Waals surface area contributed by atoms with Crippen LogP contribution in [0.15, 0.2) is 47.9 Å². The van der Waals surface area contributed by atoms with Crippen molar-refractivity contribution in [3.8, 4) is 0 Å². The van der Waals surface area contributed by atoms with E-state index >= 15 is 0 Å². The summed E-state index contributed by atoms with van der Waals surface area (Å²) < 4.78 is 1.89. The minimum Gasteiger partial charge on any atom is -0.342 e. The van der Waals surface area contributed by atoms with Gasteiger partial charge in [-0.25, -0.2) is 9.97 Å². The predicted octanol–water partition coefficient (Wildman–Crippen LogP) is 2.62. The number of nitrogens with one attached hydrogen (secondary N) is 2. The standard InChI is InChI=1S/C20H23N7O2S/c1-4-27-17(14(3)23-18(29)15-8-6-13(2)7-9-15)25-26-20(27)30-12-16(28)24-19-21-10-5-11-22-19/h5-11,14H,4,12H2,1-3H3,(H,23,29)(H,21,22,24,28)/t14-/m1/s1. The number of hydrogen-bond acceptors (Lipinski definition) is 7. The molecule has 3 aromatic rings. The first-order chi connectivity index (χ1) is 14.5. The Morgan fingerprint density at radius 2 is 1.83 bits per heavy atom. The Kier molecular flexibility index (Phi) is 7.12. The van der Waals surface area contributed by atoms with E-state index in [4.69, 9.17) is 0 Å². The average Bonchev–Trinajstić information content (AvgIpc) is 3.16. The molecule has 0 aliphatic heterocycles. The van der Waals surface area contributed by atoms with Gasteiger partial charge in [0.2, 0.25) is 11.9 Å². The summed E-state index contributed by atoms with van der Waals surface area (Å²) in [5, 5.41) is 14.6. The zero-order chi connectivity index (χ0) is 21.5. The van der Waals surface area contributed by atoms with E-state index in [1.165, 1.54) is 11.8 Å². The minimum absolute atomic E-state index is 0.139. The van der Waals surface area contributed by atoms with Crippen LogP contribution < -0.4 is 10.6 Å². The van der Waals surface area contributed by atoms with Crippen LogP contribution in [0.5, 0.6) is 0 Å². The highest BCUT2D eigenvalue weighted by molar-refractivity contribution is 7.99. The van der Waals surface area contributed by atoms with Crippen molar-refractivity contribution in [3.05, 3.63) is 59.7 Å². The van der Waals surface area contributed by atoms with Crippen LogP contribution >= 0.6 is 11.8 Å². The molecular formula is C20H23N7O2S. The van der Waals surface area contributed by atoms with Gasteiger partial charge in [-0.3, -0.25) is 14.9 Å². The maximum absolute atomic E-state index is 12.5. The first kappa shape index (κ1) is 21.4. The molecule has 2 aromatic heterocycles. The summed E-state index contributed by atoms with van der Waals surface area (Å²) in [6.45, 7) is 6.40. The summed E-state index contributed by atoms with van der Waals surface area (Å²) in [5.41, 5.74) is 1.68. The van der Waals surface area contributed by atoms with E-state index in [-0.39, 0.29) is 29.6 Å². The Morgan fingerprint density at radius 1 is 1.13 bits per heavy atom. The number of carbonyl (C=O) groups excluding carboxylic acids is 2. The van der Waals surface area contributed by atoms with Gasteiger partial charge in [-0.2, -0.15) is 0 Å². The number of amides is 2. The van der Waals surface area contributed by atoms with Gasteiger partial charge in [0.25, 0.3) is 5.91 Å². The topological polar surface area (TPSA) is 115 Å². The van der Waals surface area contributed by atoms with E-state index in [0.717, 1.165) is 5.56 Å². The van der Waals surface area contributed by atoms with Crippen LogP contribution in [0.4, 0.5) is 5.95 Å². The van der Waals surface area contributed by atoms with E-state index < -0.39 is 0 Å². The zero-order valence-electron chi connectivity index (χ0n) is 17.0. The van der Waals surface area contributed by atoms with Crippen LogP contribution in [-0.2, 0) is 11.3 Å². The first-order valence-corrected chi connectivity index (χ1v) is 10.5. The lowest BCUT2D eigenvalue weighted by atomic mass is 10.1.